The van der Waals surface area contributed by atoms with Gasteiger partial charge in [-0.3, -0.25) is 0 Å². The van der Waals surface area contributed by atoms with Gasteiger partial charge in [0.15, 0.2) is 0 Å². The second-order valence-corrected chi connectivity index (χ2v) is 6.99. The molecule has 0 saturated carbocycles. The Kier molecular flexibility index (Phi) is 4.64. The quantitative estimate of drug-likeness (QED) is 0.614. The first-order valence-corrected chi connectivity index (χ1v) is 9.44. The van der Waals surface area contributed by atoms with Crippen LogP contribution in [0.25, 0.3) is 11.3 Å². The first kappa shape index (κ1) is 16.1. The molecule has 1 heterocycles. The molecule has 1 aromatic heterocycles. The zero-order valence-corrected chi connectivity index (χ0v) is 14.9. The Labute approximate surface area is 149 Å². The van der Waals surface area contributed by atoms with E-state index >= 15 is 0 Å². The number of aryl methyl sites for hydroxylation is 2. The van der Waals surface area contributed by atoms with Gasteiger partial charge in [-0.25, -0.2) is 4.68 Å². The maximum atomic E-state index is 4.48. The lowest BCUT2D eigenvalue weighted by Gasteiger charge is -2.17. The molecule has 0 aliphatic heterocycles. The first-order valence-electron chi connectivity index (χ1n) is 9.44. The topological polar surface area (TPSA) is 30.7 Å². The molecular weight excluding hydrogens is 306 g/mol. The molecule has 0 N–H and O–H groups in total. The fraction of sp³-hybridized carbons (Fsp3) is 0.364. The van der Waals surface area contributed by atoms with Gasteiger partial charge < -0.3 is 0 Å². The van der Waals surface area contributed by atoms with E-state index in [1.807, 2.05) is 0 Å². The Bertz CT molecular complexity index is 832. The fourth-order valence-electron chi connectivity index (χ4n) is 3.86. The zero-order valence-electron chi connectivity index (χ0n) is 14.9. The summed E-state index contributed by atoms with van der Waals surface area (Å²) in [5.74, 6) is 0. The standard InChI is InChI=1S/C22H25N3/c1-2-7-17-12-14-19(15-13-17)21-16-25(24-23-21)22-11-6-4-9-18-8-3-5-10-20(18)22/h3,5,8,10,12-16,22H,2,4,6-7,9,11H2,1H3. The van der Waals surface area contributed by atoms with Gasteiger partial charge in [0.2, 0.25) is 0 Å². The average molecular weight is 331 g/mol. The summed E-state index contributed by atoms with van der Waals surface area (Å²) in [6.45, 7) is 2.21. The van der Waals surface area contributed by atoms with Crippen LogP contribution in [0.3, 0.4) is 0 Å². The van der Waals surface area contributed by atoms with Crippen LogP contribution in [-0.2, 0) is 12.8 Å². The van der Waals surface area contributed by atoms with Gasteiger partial charge >= 0.3 is 0 Å². The molecule has 3 aromatic rings. The summed E-state index contributed by atoms with van der Waals surface area (Å²) in [5.41, 5.74) is 6.37. The minimum absolute atomic E-state index is 0.305. The third-order valence-electron chi connectivity index (χ3n) is 5.21. The summed E-state index contributed by atoms with van der Waals surface area (Å²) >= 11 is 0. The summed E-state index contributed by atoms with van der Waals surface area (Å²) in [6.07, 6.45) is 9.22. The second kappa shape index (κ2) is 7.22. The van der Waals surface area contributed by atoms with Gasteiger partial charge in [0.05, 0.1) is 12.2 Å². The highest BCUT2D eigenvalue weighted by Crippen LogP contribution is 2.32. The highest BCUT2D eigenvalue weighted by molar-refractivity contribution is 5.58. The van der Waals surface area contributed by atoms with Crippen molar-refractivity contribution >= 4 is 0 Å². The molecule has 0 amide bonds. The smallest absolute Gasteiger partial charge is 0.113 e. The lowest BCUT2D eigenvalue weighted by Crippen LogP contribution is -2.12. The first-order chi connectivity index (χ1) is 12.3. The van der Waals surface area contributed by atoms with Crippen molar-refractivity contribution in [3.05, 3.63) is 71.4 Å². The van der Waals surface area contributed by atoms with Gasteiger partial charge in [0.25, 0.3) is 0 Å². The van der Waals surface area contributed by atoms with Crippen LogP contribution in [0.4, 0.5) is 0 Å². The van der Waals surface area contributed by atoms with Crippen molar-refractivity contribution in [2.24, 2.45) is 0 Å². The van der Waals surface area contributed by atoms with E-state index in [4.69, 9.17) is 0 Å². The van der Waals surface area contributed by atoms with Crippen molar-refractivity contribution in [3.8, 4) is 11.3 Å². The predicted octanol–water partition coefficient (Wildman–Crippen LogP) is 5.21. The van der Waals surface area contributed by atoms with E-state index in [0.717, 1.165) is 24.1 Å². The molecule has 0 bridgehead atoms. The van der Waals surface area contributed by atoms with E-state index < -0.39 is 0 Å². The van der Waals surface area contributed by atoms with Crippen molar-refractivity contribution in [3.63, 3.8) is 0 Å². The van der Waals surface area contributed by atoms with Gasteiger partial charge in [-0.15, -0.1) is 5.10 Å². The lowest BCUT2D eigenvalue weighted by molar-refractivity contribution is 0.468. The third kappa shape index (κ3) is 3.37. The molecule has 0 radical (unpaired) electrons. The minimum Gasteiger partial charge on any atom is -0.244 e. The Morgan fingerprint density at radius 3 is 2.72 bits per heavy atom. The number of benzene rings is 2. The molecular formula is C22H25N3. The molecule has 2 aromatic carbocycles. The van der Waals surface area contributed by atoms with Crippen LogP contribution in [0.5, 0.6) is 0 Å². The zero-order chi connectivity index (χ0) is 17.1. The van der Waals surface area contributed by atoms with E-state index in [1.54, 1.807) is 0 Å². The highest BCUT2D eigenvalue weighted by atomic mass is 15.4. The summed E-state index contributed by atoms with van der Waals surface area (Å²) in [6, 6.07) is 17.9. The summed E-state index contributed by atoms with van der Waals surface area (Å²) in [7, 11) is 0. The summed E-state index contributed by atoms with van der Waals surface area (Å²) in [4.78, 5) is 0. The Balaban J connectivity index is 1.63. The van der Waals surface area contributed by atoms with Gasteiger partial charge in [-0.05, 0) is 42.4 Å². The third-order valence-corrected chi connectivity index (χ3v) is 5.21. The molecule has 4 rings (SSSR count). The monoisotopic (exact) mass is 331 g/mol. The van der Waals surface area contributed by atoms with Crippen molar-refractivity contribution in [2.45, 2.75) is 51.5 Å². The number of nitrogens with zero attached hydrogens (tertiary/aromatic N) is 3. The molecule has 128 valence electrons. The maximum Gasteiger partial charge on any atom is 0.113 e. The molecule has 1 aliphatic carbocycles. The summed E-state index contributed by atoms with van der Waals surface area (Å²) in [5, 5.41) is 8.94. The van der Waals surface area contributed by atoms with Crippen molar-refractivity contribution in [1.82, 2.24) is 15.0 Å². The van der Waals surface area contributed by atoms with Gasteiger partial charge in [-0.1, -0.05) is 73.5 Å². The fourth-order valence-corrected chi connectivity index (χ4v) is 3.86. The summed E-state index contributed by atoms with van der Waals surface area (Å²) < 4.78 is 2.07. The molecule has 0 fully saturated rings. The van der Waals surface area contributed by atoms with Crippen LogP contribution in [0.15, 0.2) is 54.7 Å². The van der Waals surface area contributed by atoms with Crippen LogP contribution >= 0.6 is 0 Å². The maximum absolute atomic E-state index is 4.48. The van der Waals surface area contributed by atoms with Crippen molar-refractivity contribution < 1.29 is 0 Å². The van der Waals surface area contributed by atoms with E-state index in [1.165, 1.54) is 42.4 Å². The van der Waals surface area contributed by atoms with Crippen LogP contribution in [0, 0.1) is 0 Å². The Hall–Kier alpha value is -2.42. The Morgan fingerprint density at radius 2 is 1.88 bits per heavy atom. The molecule has 0 spiro atoms. The minimum atomic E-state index is 0.305. The number of hydrogen-bond donors (Lipinski definition) is 0. The van der Waals surface area contributed by atoms with Crippen LogP contribution in [-0.4, -0.2) is 15.0 Å². The highest BCUT2D eigenvalue weighted by Gasteiger charge is 2.21. The molecule has 3 heteroatoms. The predicted molar refractivity (Wildman–Crippen MR) is 102 cm³/mol. The van der Waals surface area contributed by atoms with E-state index in [2.05, 4.69) is 76.6 Å². The lowest BCUT2D eigenvalue weighted by atomic mass is 9.99. The Morgan fingerprint density at radius 1 is 1.04 bits per heavy atom. The van der Waals surface area contributed by atoms with E-state index in [-0.39, 0.29) is 0 Å². The molecule has 1 aliphatic rings. The van der Waals surface area contributed by atoms with Gasteiger partial charge in [0, 0.05) is 5.56 Å². The SMILES string of the molecule is CCCc1ccc(-c2cn(C3CCCCc4ccccc43)nn2)cc1. The average Bonchev–Trinajstić information content (AvgIpc) is 3.03. The van der Waals surface area contributed by atoms with Crippen LogP contribution in [0.1, 0.15) is 55.3 Å². The van der Waals surface area contributed by atoms with Gasteiger partial charge in [-0.2, -0.15) is 0 Å². The number of hydrogen-bond acceptors (Lipinski definition) is 2. The second-order valence-electron chi connectivity index (χ2n) is 6.99. The van der Waals surface area contributed by atoms with Crippen LogP contribution < -0.4 is 0 Å². The molecule has 25 heavy (non-hydrogen) atoms. The number of aromatic nitrogens is 3. The van der Waals surface area contributed by atoms with Gasteiger partial charge in [0.1, 0.15) is 5.69 Å². The van der Waals surface area contributed by atoms with E-state index in [0.29, 0.717) is 6.04 Å². The molecule has 3 nitrogen and oxygen atoms in total. The molecule has 0 saturated heterocycles. The largest absolute Gasteiger partial charge is 0.244 e. The van der Waals surface area contributed by atoms with Crippen LogP contribution in [0.2, 0.25) is 0 Å². The molecule has 1 unspecified atom stereocenters. The number of rotatable bonds is 4. The molecule has 1 atom stereocenters. The van der Waals surface area contributed by atoms with Crippen molar-refractivity contribution in [2.75, 3.05) is 0 Å². The van der Waals surface area contributed by atoms with E-state index in [9.17, 15) is 0 Å². The number of fused-ring (bicyclic) bond motifs is 1. The van der Waals surface area contributed by atoms with Crippen molar-refractivity contribution in [1.29, 1.82) is 0 Å². The normalized spacial score (nSPS) is 17.1.